The minimum Gasteiger partial charge on any atom is -0.478 e. The Labute approximate surface area is 169 Å². The molecule has 142 valence electrons. The largest absolute Gasteiger partial charge is 0.478 e. The van der Waals surface area contributed by atoms with Crippen LogP contribution >= 0.6 is 7.92 Å². The third-order valence-electron chi connectivity index (χ3n) is 5.14. The minimum absolute atomic E-state index is 0.177. The summed E-state index contributed by atoms with van der Waals surface area (Å²) < 4.78 is 6.19. The van der Waals surface area contributed by atoms with E-state index >= 15 is 0 Å². The Morgan fingerprint density at radius 1 is 0.821 bits per heavy atom. The molecule has 0 N–H and O–H groups in total. The minimum atomic E-state index is -0.639. The van der Waals surface area contributed by atoms with E-state index in [4.69, 9.17) is 9.73 Å². The summed E-state index contributed by atoms with van der Waals surface area (Å²) >= 11 is 0. The number of rotatable bonds is 6. The van der Waals surface area contributed by atoms with E-state index in [1.54, 1.807) is 0 Å². The van der Waals surface area contributed by atoms with Crippen molar-refractivity contribution in [1.82, 2.24) is 0 Å². The molecule has 0 bridgehead atoms. The summed E-state index contributed by atoms with van der Waals surface area (Å²) in [6.07, 6.45) is 0.926. The number of benzene rings is 3. The first-order valence-corrected chi connectivity index (χ1v) is 11.1. The van der Waals surface area contributed by atoms with Gasteiger partial charge in [-0.25, -0.2) is 4.99 Å². The molecule has 4 rings (SSSR count). The van der Waals surface area contributed by atoms with Gasteiger partial charge >= 0.3 is 0 Å². The van der Waals surface area contributed by atoms with E-state index in [1.165, 1.54) is 16.2 Å². The van der Waals surface area contributed by atoms with Crippen molar-refractivity contribution in [3.8, 4) is 0 Å². The average Bonchev–Trinajstić information content (AvgIpc) is 3.20. The van der Waals surface area contributed by atoms with Gasteiger partial charge in [-0.3, -0.25) is 0 Å². The molecule has 0 amide bonds. The van der Waals surface area contributed by atoms with Crippen LogP contribution in [0.1, 0.15) is 19.4 Å². The molecule has 2 nitrogen and oxygen atoms in total. The molecule has 0 fully saturated rings. The van der Waals surface area contributed by atoms with E-state index in [1.807, 2.05) is 0 Å². The Morgan fingerprint density at radius 3 is 1.86 bits per heavy atom. The molecule has 0 aliphatic carbocycles. The molecule has 1 atom stereocenters. The highest BCUT2D eigenvalue weighted by molar-refractivity contribution is 7.75. The third-order valence-corrected chi connectivity index (χ3v) is 8.08. The molecule has 1 heterocycles. The maximum atomic E-state index is 6.19. The lowest BCUT2D eigenvalue weighted by molar-refractivity contribution is 0.304. The zero-order valence-corrected chi connectivity index (χ0v) is 17.3. The van der Waals surface area contributed by atoms with E-state index in [0.29, 0.717) is 6.61 Å². The molecular weight excluding hydrogens is 361 g/mol. The Morgan fingerprint density at radius 2 is 1.32 bits per heavy atom. The molecule has 1 aliphatic rings. The number of hydrogen-bond acceptors (Lipinski definition) is 2. The van der Waals surface area contributed by atoms with Crippen molar-refractivity contribution in [2.24, 2.45) is 4.99 Å². The number of ether oxygens (including phenoxy) is 1. The molecule has 28 heavy (non-hydrogen) atoms. The Hall–Kier alpha value is -2.44. The van der Waals surface area contributed by atoms with Gasteiger partial charge in [-0.1, -0.05) is 91.0 Å². The van der Waals surface area contributed by atoms with Crippen LogP contribution in [0.2, 0.25) is 0 Å². The number of aliphatic imine (C=N–C) groups is 1. The predicted molar refractivity (Wildman–Crippen MR) is 120 cm³/mol. The Bertz CT molecular complexity index is 883. The van der Waals surface area contributed by atoms with Gasteiger partial charge < -0.3 is 4.74 Å². The van der Waals surface area contributed by atoms with Crippen molar-refractivity contribution in [3.05, 3.63) is 96.6 Å². The summed E-state index contributed by atoms with van der Waals surface area (Å²) in [4.78, 5) is 5.04. The van der Waals surface area contributed by atoms with Gasteiger partial charge in [-0.05, 0) is 44.4 Å². The SMILES string of the molecule is CC(C)(C1=N[C@H](Cc2ccccc2)CO1)P(c1ccccc1)c1ccccc1. The molecule has 0 saturated carbocycles. The first-order valence-electron chi connectivity index (χ1n) is 9.80. The molecule has 3 heteroatoms. The zero-order chi connectivity index (χ0) is 19.4. The smallest absolute Gasteiger partial charge is 0.194 e. The molecule has 0 spiro atoms. The predicted octanol–water partition coefficient (Wildman–Crippen LogP) is 4.94. The zero-order valence-electron chi connectivity index (χ0n) is 16.5. The monoisotopic (exact) mass is 387 g/mol. The summed E-state index contributed by atoms with van der Waals surface area (Å²) in [6.45, 7) is 5.23. The summed E-state index contributed by atoms with van der Waals surface area (Å²) in [7, 11) is -0.639. The van der Waals surface area contributed by atoms with Crippen LogP contribution in [0, 0.1) is 0 Å². The fourth-order valence-corrected chi connectivity index (χ4v) is 6.63. The molecule has 0 aromatic heterocycles. The standard InChI is InChI=1S/C25H26NOP/c1-25(2,24-26-21(19-27-24)18-20-12-6-3-7-13-20)28(22-14-8-4-9-15-22)23-16-10-5-11-17-23/h3-17,21H,18-19H2,1-2H3/t21-/m1/s1. The van der Waals surface area contributed by atoms with Crippen molar-refractivity contribution in [3.63, 3.8) is 0 Å². The van der Waals surface area contributed by atoms with E-state index in [9.17, 15) is 0 Å². The number of hydrogen-bond donors (Lipinski definition) is 0. The molecule has 3 aromatic rings. The van der Waals surface area contributed by atoms with Crippen molar-refractivity contribution in [1.29, 1.82) is 0 Å². The molecule has 3 aromatic carbocycles. The maximum Gasteiger partial charge on any atom is 0.194 e. The summed E-state index contributed by atoms with van der Waals surface area (Å²) in [5.41, 5.74) is 1.31. The van der Waals surface area contributed by atoms with Crippen molar-refractivity contribution in [2.75, 3.05) is 6.61 Å². The Kier molecular flexibility index (Phi) is 5.59. The molecular formula is C25H26NOP. The molecule has 0 saturated heterocycles. The van der Waals surface area contributed by atoms with Crippen molar-refractivity contribution in [2.45, 2.75) is 31.5 Å². The van der Waals surface area contributed by atoms with Gasteiger partial charge in [-0.15, -0.1) is 0 Å². The van der Waals surface area contributed by atoms with Gasteiger partial charge in [0.2, 0.25) is 0 Å². The topological polar surface area (TPSA) is 21.6 Å². The van der Waals surface area contributed by atoms with E-state index in [0.717, 1.165) is 12.3 Å². The van der Waals surface area contributed by atoms with Crippen LogP contribution in [0.25, 0.3) is 0 Å². The van der Waals surface area contributed by atoms with Crippen LogP contribution in [0.15, 0.2) is 96.0 Å². The lowest BCUT2D eigenvalue weighted by Crippen LogP contribution is -2.37. The second kappa shape index (κ2) is 8.29. The summed E-state index contributed by atoms with van der Waals surface area (Å²) in [6, 6.07) is 32.3. The Balaban J connectivity index is 1.65. The van der Waals surface area contributed by atoms with Crippen LogP contribution < -0.4 is 10.6 Å². The first-order chi connectivity index (χ1) is 13.6. The lowest BCUT2D eigenvalue weighted by Gasteiger charge is -2.34. The third kappa shape index (κ3) is 4.03. The van der Waals surface area contributed by atoms with E-state index in [-0.39, 0.29) is 11.2 Å². The van der Waals surface area contributed by atoms with Crippen LogP contribution in [0.5, 0.6) is 0 Å². The maximum absolute atomic E-state index is 6.19. The highest BCUT2D eigenvalue weighted by atomic mass is 31.1. The fraction of sp³-hybridized carbons (Fsp3) is 0.240. The number of nitrogens with zero attached hydrogens (tertiary/aromatic N) is 1. The summed E-state index contributed by atoms with van der Waals surface area (Å²) in [5.74, 6) is 0.896. The van der Waals surface area contributed by atoms with Crippen LogP contribution in [0.3, 0.4) is 0 Å². The van der Waals surface area contributed by atoms with Gasteiger partial charge in [0.25, 0.3) is 0 Å². The van der Waals surface area contributed by atoms with E-state index < -0.39 is 7.92 Å². The first kappa shape index (κ1) is 18.9. The van der Waals surface area contributed by atoms with Crippen molar-refractivity contribution < 1.29 is 4.74 Å². The van der Waals surface area contributed by atoms with E-state index in [2.05, 4.69) is 105 Å². The quantitative estimate of drug-likeness (QED) is 0.549. The second-order valence-electron chi connectivity index (χ2n) is 7.65. The highest BCUT2D eigenvalue weighted by Crippen LogP contribution is 2.49. The summed E-state index contributed by atoms with van der Waals surface area (Å²) in [5, 5.41) is 2.53. The highest BCUT2D eigenvalue weighted by Gasteiger charge is 2.40. The van der Waals surface area contributed by atoms with Crippen LogP contribution in [-0.2, 0) is 11.2 Å². The second-order valence-corrected chi connectivity index (χ2v) is 10.5. The molecule has 1 aliphatic heterocycles. The average molecular weight is 387 g/mol. The van der Waals surface area contributed by atoms with Gasteiger partial charge in [0.05, 0.1) is 11.2 Å². The van der Waals surface area contributed by atoms with Crippen LogP contribution in [0.4, 0.5) is 0 Å². The van der Waals surface area contributed by atoms with Crippen LogP contribution in [-0.4, -0.2) is 23.7 Å². The normalized spacial score (nSPS) is 16.7. The fourth-order valence-electron chi connectivity index (χ4n) is 3.79. The molecule has 0 radical (unpaired) electrons. The van der Waals surface area contributed by atoms with Gasteiger partial charge in [0, 0.05) is 0 Å². The van der Waals surface area contributed by atoms with Gasteiger partial charge in [-0.2, -0.15) is 0 Å². The lowest BCUT2D eigenvalue weighted by atomic mass is 10.1. The van der Waals surface area contributed by atoms with Gasteiger partial charge in [0.1, 0.15) is 6.61 Å². The van der Waals surface area contributed by atoms with Crippen molar-refractivity contribution >= 4 is 24.4 Å². The molecule has 0 unspecified atom stereocenters. The van der Waals surface area contributed by atoms with Gasteiger partial charge in [0.15, 0.2) is 5.90 Å².